The van der Waals surface area contributed by atoms with E-state index < -0.39 is 35.9 Å². The van der Waals surface area contributed by atoms with Crippen LogP contribution in [0.5, 0.6) is 5.88 Å². The number of fused-ring (bicyclic) bond motifs is 1. The summed E-state index contributed by atoms with van der Waals surface area (Å²) in [7, 11) is 1.38. The van der Waals surface area contributed by atoms with Gasteiger partial charge in [0.2, 0.25) is 5.88 Å². The van der Waals surface area contributed by atoms with Crippen molar-refractivity contribution in [1.29, 1.82) is 0 Å². The monoisotopic (exact) mass is 602 g/mol. The third-order valence-electron chi connectivity index (χ3n) is 6.62. The first kappa shape index (κ1) is 31.7. The van der Waals surface area contributed by atoms with E-state index in [1.807, 2.05) is 27.7 Å². The lowest BCUT2D eigenvalue weighted by Crippen LogP contribution is -2.45. The maximum atomic E-state index is 14.8. The van der Waals surface area contributed by atoms with Gasteiger partial charge in [-0.2, -0.15) is 4.90 Å². The molecule has 1 aliphatic heterocycles. The molecule has 0 unspecified atom stereocenters. The van der Waals surface area contributed by atoms with Crippen LogP contribution in [-0.4, -0.2) is 68.4 Å². The Morgan fingerprint density at radius 1 is 0.977 bits per heavy atom. The van der Waals surface area contributed by atoms with Crippen LogP contribution in [0.4, 0.5) is 29.7 Å². The Bertz CT molecular complexity index is 1490. The summed E-state index contributed by atoms with van der Waals surface area (Å²) in [5.41, 5.74) is -1.26. The van der Waals surface area contributed by atoms with Gasteiger partial charge in [-0.15, -0.1) is 0 Å². The molecule has 1 fully saturated rings. The smallest absolute Gasteiger partial charge is 0.424 e. The summed E-state index contributed by atoms with van der Waals surface area (Å²) in [6.45, 7) is 7.75. The number of carbonyl (C=O) groups is 2. The molecule has 3 aromatic rings. The minimum absolute atomic E-state index is 0.0137. The van der Waals surface area contributed by atoms with Gasteiger partial charge in [-0.3, -0.25) is 4.79 Å². The number of ether oxygens (including phenoxy) is 4. The quantitative estimate of drug-likeness (QED) is 0.335. The van der Waals surface area contributed by atoms with Crippen LogP contribution in [-0.2, 0) is 20.8 Å². The molecule has 0 bridgehead atoms. The van der Waals surface area contributed by atoms with E-state index in [4.69, 9.17) is 18.9 Å². The molecule has 1 aromatic carbocycles. The molecule has 13 heteroatoms. The van der Waals surface area contributed by atoms with E-state index in [1.54, 1.807) is 4.90 Å². The van der Waals surface area contributed by atoms with Gasteiger partial charge in [0.25, 0.3) is 5.56 Å². The lowest BCUT2D eigenvalue weighted by Gasteiger charge is -2.33. The van der Waals surface area contributed by atoms with Crippen molar-refractivity contribution in [2.75, 3.05) is 56.4 Å². The van der Waals surface area contributed by atoms with E-state index >= 15 is 0 Å². The minimum atomic E-state index is -1.07. The van der Waals surface area contributed by atoms with Crippen LogP contribution < -0.4 is 20.1 Å². The predicted octanol–water partition coefficient (Wildman–Crippen LogP) is 4.96. The summed E-state index contributed by atoms with van der Waals surface area (Å²) in [6.07, 6.45) is -2.14. The molecule has 1 aliphatic rings. The Morgan fingerprint density at radius 3 is 2.09 bits per heavy atom. The van der Waals surface area contributed by atoms with E-state index in [0.29, 0.717) is 4.90 Å². The number of amides is 2. The Labute approximate surface area is 247 Å². The van der Waals surface area contributed by atoms with Gasteiger partial charge in [-0.05, 0) is 30.0 Å². The van der Waals surface area contributed by atoms with Crippen LogP contribution in [0.15, 0.2) is 35.1 Å². The number of halogens is 2. The largest absolute Gasteiger partial charge is 0.481 e. The number of rotatable bonds is 9. The van der Waals surface area contributed by atoms with Crippen molar-refractivity contribution in [3.05, 3.63) is 57.9 Å². The van der Waals surface area contributed by atoms with Gasteiger partial charge < -0.3 is 28.4 Å². The molecule has 0 aliphatic carbocycles. The van der Waals surface area contributed by atoms with Gasteiger partial charge in [-0.1, -0.05) is 33.8 Å². The summed E-state index contributed by atoms with van der Waals surface area (Å²) < 4.78 is 52.6. The molecule has 3 heterocycles. The number of aromatic nitrogens is 2. The van der Waals surface area contributed by atoms with E-state index in [-0.39, 0.29) is 85.2 Å². The number of nitrogens with zero attached hydrogens (tertiary/aromatic N) is 4. The summed E-state index contributed by atoms with van der Waals surface area (Å²) >= 11 is 0. The van der Waals surface area contributed by atoms with Crippen LogP contribution in [0.3, 0.4) is 0 Å². The Morgan fingerprint density at radius 2 is 1.56 bits per heavy atom. The second kappa shape index (κ2) is 13.8. The number of pyridine rings is 2. The maximum absolute atomic E-state index is 14.8. The number of benzene rings is 1. The van der Waals surface area contributed by atoms with Crippen molar-refractivity contribution in [3.8, 4) is 5.88 Å². The number of hydrogen-bond donors (Lipinski definition) is 0. The van der Waals surface area contributed by atoms with Crippen molar-refractivity contribution in [3.63, 3.8) is 0 Å². The van der Waals surface area contributed by atoms with Crippen LogP contribution in [0.25, 0.3) is 11.0 Å². The average molecular weight is 603 g/mol. The highest BCUT2D eigenvalue weighted by Crippen LogP contribution is 2.36. The highest BCUT2D eigenvalue weighted by Gasteiger charge is 2.36. The minimum Gasteiger partial charge on any atom is -0.481 e. The lowest BCUT2D eigenvalue weighted by atomic mass is 10.1. The zero-order valence-electron chi connectivity index (χ0n) is 24.9. The lowest BCUT2D eigenvalue weighted by molar-refractivity contribution is 0.120. The molecule has 2 amide bonds. The van der Waals surface area contributed by atoms with Gasteiger partial charge in [0.1, 0.15) is 28.5 Å². The highest BCUT2D eigenvalue weighted by molar-refractivity contribution is 6.17. The average Bonchev–Trinajstić information content (AvgIpc) is 2.98. The van der Waals surface area contributed by atoms with Crippen molar-refractivity contribution < 1.29 is 37.3 Å². The molecule has 1 saturated heterocycles. The molecule has 43 heavy (non-hydrogen) atoms. The molecule has 0 saturated carbocycles. The molecule has 2 aromatic heterocycles. The van der Waals surface area contributed by atoms with E-state index in [2.05, 4.69) is 4.98 Å². The fraction of sp³-hybridized carbons (Fsp3) is 0.467. The summed E-state index contributed by atoms with van der Waals surface area (Å²) in [5, 5.41) is 0. The standard InChI is InChI=1S/C30H36F2N4O7/c1-18(2)16-42-29(38)36(30(39)43-17-19(3)4)26-25-23(9-10-24(33-25)40-5)35(15-20-21(31)7-6-8-22(20)32)28(37)27(26)34-11-13-41-14-12-34/h6-10,18-19H,11-17H2,1-5H3. The second-order valence-electron chi connectivity index (χ2n) is 10.9. The number of hydrogen-bond acceptors (Lipinski definition) is 9. The first-order valence-corrected chi connectivity index (χ1v) is 14.0. The second-order valence-corrected chi connectivity index (χ2v) is 10.9. The van der Waals surface area contributed by atoms with E-state index in [0.717, 1.165) is 16.7 Å². The first-order chi connectivity index (χ1) is 20.5. The summed E-state index contributed by atoms with van der Waals surface area (Å²) in [5.74, 6) is -1.69. The molecular weight excluding hydrogens is 566 g/mol. The zero-order valence-corrected chi connectivity index (χ0v) is 24.9. The number of morpholine rings is 1. The van der Waals surface area contributed by atoms with E-state index in [9.17, 15) is 23.2 Å². The number of methoxy groups -OCH3 is 1. The van der Waals surface area contributed by atoms with Crippen molar-refractivity contribution >= 4 is 34.6 Å². The zero-order chi connectivity index (χ0) is 31.3. The van der Waals surface area contributed by atoms with Gasteiger partial charge in [-0.25, -0.2) is 23.4 Å². The van der Waals surface area contributed by atoms with Gasteiger partial charge >= 0.3 is 12.2 Å². The maximum Gasteiger partial charge on any atom is 0.424 e. The molecule has 0 N–H and O–H groups in total. The molecule has 0 spiro atoms. The van der Waals surface area contributed by atoms with Crippen LogP contribution in [0.2, 0.25) is 0 Å². The molecule has 4 rings (SSSR count). The van der Waals surface area contributed by atoms with Crippen molar-refractivity contribution in [1.82, 2.24) is 9.55 Å². The number of anilines is 2. The molecule has 232 valence electrons. The fourth-order valence-corrected chi connectivity index (χ4v) is 4.53. The van der Waals surface area contributed by atoms with E-state index in [1.165, 1.54) is 25.3 Å². The van der Waals surface area contributed by atoms with Gasteiger partial charge in [0.15, 0.2) is 0 Å². The summed E-state index contributed by atoms with van der Waals surface area (Å²) in [6, 6.07) is 6.37. The van der Waals surface area contributed by atoms with Crippen LogP contribution in [0.1, 0.15) is 33.3 Å². The normalized spacial score (nSPS) is 13.5. The number of imide groups is 1. The number of carbonyl (C=O) groups excluding carboxylic acids is 2. The Kier molecular flexibility index (Phi) is 10.2. The third kappa shape index (κ3) is 7.04. The van der Waals surface area contributed by atoms with Crippen molar-refractivity contribution in [2.24, 2.45) is 11.8 Å². The molecular formula is C30H36F2N4O7. The summed E-state index contributed by atoms with van der Waals surface area (Å²) in [4.78, 5) is 48.5. The highest BCUT2D eigenvalue weighted by atomic mass is 19.1. The van der Waals surface area contributed by atoms with Gasteiger partial charge in [0, 0.05) is 24.7 Å². The van der Waals surface area contributed by atoms with Gasteiger partial charge in [0.05, 0.1) is 45.6 Å². The third-order valence-corrected chi connectivity index (χ3v) is 6.62. The molecule has 0 radical (unpaired) electrons. The molecule has 0 atom stereocenters. The van der Waals surface area contributed by atoms with Crippen LogP contribution >= 0.6 is 0 Å². The Balaban J connectivity index is 2.07. The first-order valence-electron chi connectivity index (χ1n) is 14.0. The molecule has 11 nitrogen and oxygen atoms in total. The van der Waals surface area contributed by atoms with Crippen LogP contribution in [0, 0.1) is 23.5 Å². The topological polar surface area (TPSA) is 112 Å². The Hall–Kier alpha value is -4.26. The predicted molar refractivity (Wildman–Crippen MR) is 156 cm³/mol. The fourth-order valence-electron chi connectivity index (χ4n) is 4.53. The van der Waals surface area contributed by atoms with Crippen molar-refractivity contribution in [2.45, 2.75) is 34.2 Å². The SMILES string of the molecule is COc1ccc2c(n1)c(N(C(=O)OCC(C)C)C(=O)OCC(C)C)c(N1CCOCC1)c(=O)n2Cc1c(F)cccc1F.